The van der Waals surface area contributed by atoms with E-state index in [1.54, 1.807) is 11.8 Å². The van der Waals surface area contributed by atoms with E-state index < -0.39 is 0 Å². The Balaban J connectivity index is 0.00000121. The van der Waals surface area contributed by atoms with Crippen LogP contribution in [0, 0.1) is 5.37 Å². The monoisotopic (exact) mass is 257 g/mol. The van der Waals surface area contributed by atoms with Crippen molar-refractivity contribution in [1.82, 2.24) is 4.90 Å². The average molecular weight is 257 g/mol. The molecule has 1 aliphatic heterocycles. The summed E-state index contributed by atoms with van der Waals surface area (Å²) in [6.45, 7) is 4.39. The van der Waals surface area contributed by atoms with Crippen molar-refractivity contribution in [2.24, 2.45) is 0 Å². The summed E-state index contributed by atoms with van der Waals surface area (Å²) in [6, 6.07) is 0.554. The maximum absolute atomic E-state index is 2.27. The largest absolute Gasteiger partial charge is 3.00 e. The first-order valence-corrected chi connectivity index (χ1v) is 5.02. The summed E-state index contributed by atoms with van der Waals surface area (Å²) in [6.07, 6.45) is 10.5. The average Bonchev–Trinajstić information content (AvgIpc) is 2.04. The zero-order chi connectivity index (χ0) is 8.27. The van der Waals surface area contributed by atoms with Gasteiger partial charge in [-0.1, -0.05) is 5.37 Å². The SMILES string of the molecule is CS[C-]1C=CC=CN1C(C)C.[Y+3]. The molecule has 0 atom stereocenters. The first-order chi connectivity index (χ1) is 5.25. The van der Waals surface area contributed by atoms with E-state index in [0.717, 1.165) is 0 Å². The number of nitrogens with zero attached hydrogens (tertiary/aromatic N) is 1. The Morgan fingerprint density at radius 1 is 1.33 bits per heavy atom. The summed E-state index contributed by atoms with van der Waals surface area (Å²) in [5.74, 6) is 0. The molecule has 0 fully saturated rings. The molecule has 0 amide bonds. The van der Waals surface area contributed by atoms with E-state index in [1.807, 2.05) is 0 Å². The van der Waals surface area contributed by atoms with Gasteiger partial charge in [-0.05, 0) is 26.3 Å². The smallest absolute Gasteiger partial charge is 0.420 e. The van der Waals surface area contributed by atoms with Crippen molar-refractivity contribution in [2.45, 2.75) is 19.9 Å². The third-order valence-corrected chi connectivity index (χ3v) is 2.38. The molecule has 1 rings (SSSR count). The Bertz CT molecular complexity index is 177. The Hall–Kier alpha value is 0.604. The molecule has 12 heavy (non-hydrogen) atoms. The molecule has 0 aromatic carbocycles. The Labute approximate surface area is 105 Å². The van der Waals surface area contributed by atoms with Crippen LogP contribution in [0.1, 0.15) is 13.8 Å². The summed E-state index contributed by atoms with van der Waals surface area (Å²) < 4.78 is 0. The molecule has 0 saturated heterocycles. The van der Waals surface area contributed by atoms with Gasteiger partial charge in [0, 0.05) is 6.04 Å². The number of hydrogen-bond donors (Lipinski definition) is 0. The maximum atomic E-state index is 2.27. The Morgan fingerprint density at radius 3 is 2.42 bits per heavy atom. The second-order valence-electron chi connectivity index (χ2n) is 2.74. The molecular weight excluding hydrogens is 243 g/mol. The van der Waals surface area contributed by atoms with Crippen molar-refractivity contribution >= 4 is 11.8 Å². The molecule has 62 valence electrons. The molecule has 0 unspecified atom stereocenters. The van der Waals surface area contributed by atoms with Gasteiger partial charge in [0.2, 0.25) is 0 Å². The van der Waals surface area contributed by atoms with Crippen molar-refractivity contribution in [1.29, 1.82) is 0 Å². The summed E-state index contributed by atoms with van der Waals surface area (Å²) in [5, 5.41) is 1.32. The van der Waals surface area contributed by atoms with E-state index in [0.29, 0.717) is 6.04 Å². The van der Waals surface area contributed by atoms with Gasteiger partial charge in [-0.3, -0.25) is 0 Å². The zero-order valence-electron chi connectivity index (χ0n) is 7.82. The normalized spacial score (nSPS) is 15.3. The zero-order valence-corrected chi connectivity index (χ0v) is 11.5. The van der Waals surface area contributed by atoms with E-state index in [9.17, 15) is 0 Å². The molecule has 0 saturated carbocycles. The minimum absolute atomic E-state index is 0. The molecule has 3 heteroatoms. The van der Waals surface area contributed by atoms with Crippen LogP contribution in [0.5, 0.6) is 0 Å². The minimum atomic E-state index is 0. The van der Waals surface area contributed by atoms with Gasteiger partial charge in [0.25, 0.3) is 0 Å². The fourth-order valence-corrected chi connectivity index (χ4v) is 1.74. The standard InChI is InChI=1S/C9H14NS.Y/c1-8(2)10-7-5-4-6-9(10)11-3;/h4-8H,1-3H3;/q-1;+3. The first-order valence-electron chi connectivity index (χ1n) is 3.80. The number of hydrogen-bond acceptors (Lipinski definition) is 2. The van der Waals surface area contributed by atoms with Crippen molar-refractivity contribution in [3.8, 4) is 0 Å². The minimum Gasteiger partial charge on any atom is -0.420 e. The van der Waals surface area contributed by atoms with Crippen LogP contribution >= 0.6 is 11.8 Å². The van der Waals surface area contributed by atoms with Gasteiger partial charge in [0.1, 0.15) is 0 Å². The van der Waals surface area contributed by atoms with E-state index in [4.69, 9.17) is 0 Å². The fraction of sp³-hybridized carbons (Fsp3) is 0.444. The van der Waals surface area contributed by atoms with Crippen LogP contribution in [-0.4, -0.2) is 17.2 Å². The Kier molecular flexibility index (Phi) is 6.43. The van der Waals surface area contributed by atoms with Gasteiger partial charge in [-0.25, -0.2) is 17.8 Å². The third-order valence-electron chi connectivity index (χ3n) is 1.62. The summed E-state index contributed by atoms with van der Waals surface area (Å²) in [5.41, 5.74) is 0. The second kappa shape index (κ2) is 6.12. The van der Waals surface area contributed by atoms with Crippen molar-refractivity contribution in [3.63, 3.8) is 0 Å². The van der Waals surface area contributed by atoms with Gasteiger partial charge >= 0.3 is 32.7 Å². The number of rotatable bonds is 2. The van der Waals surface area contributed by atoms with Gasteiger partial charge in [-0.2, -0.15) is 6.08 Å². The molecule has 0 bridgehead atoms. The molecule has 0 aromatic heterocycles. The van der Waals surface area contributed by atoms with Crippen LogP contribution in [-0.2, 0) is 32.7 Å². The predicted molar refractivity (Wildman–Crippen MR) is 52.0 cm³/mol. The quantitative estimate of drug-likeness (QED) is 0.700. The van der Waals surface area contributed by atoms with Crippen LogP contribution < -0.4 is 0 Å². The van der Waals surface area contributed by atoms with Gasteiger partial charge in [0.15, 0.2) is 0 Å². The van der Waals surface area contributed by atoms with E-state index in [2.05, 4.69) is 49.4 Å². The number of thioether (sulfide) groups is 1. The van der Waals surface area contributed by atoms with Crippen LogP contribution in [0.2, 0.25) is 0 Å². The topological polar surface area (TPSA) is 3.24 Å². The van der Waals surface area contributed by atoms with Crippen molar-refractivity contribution in [2.75, 3.05) is 6.26 Å². The van der Waals surface area contributed by atoms with Gasteiger partial charge < -0.3 is 4.90 Å². The third kappa shape index (κ3) is 3.16. The molecule has 1 nitrogen and oxygen atoms in total. The maximum Gasteiger partial charge on any atom is 3.00 e. The molecule has 1 aliphatic rings. The van der Waals surface area contributed by atoms with Crippen LogP contribution in [0.15, 0.2) is 24.4 Å². The molecule has 0 aliphatic carbocycles. The first kappa shape index (κ1) is 12.6. The van der Waals surface area contributed by atoms with Crippen molar-refractivity contribution in [3.05, 3.63) is 29.8 Å². The van der Waals surface area contributed by atoms with Crippen LogP contribution in [0.4, 0.5) is 0 Å². The van der Waals surface area contributed by atoms with Crippen molar-refractivity contribution < 1.29 is 32.7 Å². The molecule has 0 radical (unpaired) electrons. The van der Waals surface area contributed by atoms with Gasteiger partial charge in [0.05, 0.1) is 0 Å². The van der Waals surface area contributed by atoms with Crippen LogP contribution in [0.25, 0.3) is 0 Å². The van der Waals surface area contributed by atoms with E-state index >= 15 is 0 Å². The van der Waals surface area contributed by atoms with E-state index in [1.165, 1.54) is 5.37 Å². The second-order valence-corrected chi connectivity index (χ2v) is 3.57. The molecule has 0 spiro atoms. The Morgan fingerprint density at radius 2 is 2.00 bits per heavy atom. The fourth-order valence-electron chi connectivity index (χ4n) is 1.04. The molecule has 0 aromatic rings. The number of allylic oxidation sites excluding steroid dienone is 2. The molecule has 0 N–H and O–H groups in total. The molecule has 1 heterocycles. The molecular formula is C9H14NSY+2. The predicted octanol–water partition coefficient (Wildman–Crippen LogP) is 2.63. The van der Waals surface area contributed by atoms with Gasteiger partial charge in [-0.15, -0.1) is 6.08 Å². The summed E-state index contributed by atoms with van der Waals surface area (Å²) >= 11 is 1.79. The summed E-state index contributed by atoms with van der Waals surface area (Å²) in [4.78, 5) is 2.27. The van der Waals surface area contributed by atoms with Crippen LogP contribution in [0.3, 0.4) is 0 Å². The summed E-state index contributed by atoms with van der Waals surface area (Å²) in [7, 11) is 0. The van der Waals surface area contributed by atoms with E-state index in [-0.39, 0.29) is 32.7 Å².